The van der Waals surface area contributed by atoms with Crippen molar-refractivity contribution in [1.29, 1.82) is 0 Å². The van der Waals surface area contributed by atoms with Crippen molar-refractivity contribution in [2.45, 2.75) is 6.18 Å². The molecule has 0 saturated heterocycles. The van der Waals surface area contributed by atoms with Gasteiger partial charge in [-0.1, -0.05) is 12.1 Å². The molecule has 0 aliphatic carbocycles. The number of ether oxygens (including phenoxy) is 2. The van der Waals surface area contributed by atoms with Crippen LogP contribution in [-0.2, 0) is 0 Å². The average molecular weight is 404 g/mol. The van der Waals surface area contributed by atoms with Gasteiger partial charge in [-0.2, -0.15) is 13.2 Å². The van der Waals surface area contributed by atoms with E-state index in [0.717, 1.165) is 36.4 Å². The number of methoxy groups -OCH3 is 1. The van der Waals surface area contributed by atoms with E-state index in [1.165, 1.54) is 7.11 Å². The molecule has 0 amide bonds. The summed E-state index contributed by atoms with van der Waals surface area (Å²) in [4.78, 5) is 0. The van der Waals surface area contributed by atoms with Crippen molar-refractivity contribution in [2.75, 3.05) is 13.7 Å². The van der Waals surface area contributed by atoms with Gasteiger partial charge in [0.15, 0.2) is 24.0 Å². The molecule has 0 radical (unpaired) electrons. The zero-order valence-electron chi connectivity index (χ0n) is 14.1. The molecule has 0 N–H and O–H groups in total. The van der Waals surface area contributed by atoms with Crippen LogP contribution in [0.4, 0.5) is 30.7 Å². The summed E-state index contributed by atoms with van der Waals surface area (Å²) in [7, 11) is 1.23. The second kappa shape index (κ2) is 7.21. The van der Waals surface area contributed by atoms with Crippen LogP contribution in [0.25, 0.3) is 21.9 Å². The first kappa shape index (κ1) is 19.8. The molecule has 0 aliphatic heterocycles. The molecule has 0 atom stereocenters. The fraction of sp³-hybridized carbons (Fsp3) is 0.158. The topological polar surface area (TPSA) is 18.5 Å². The van der Waals surface area contributed by atoms with Gasteiger partial charge < -0.3 is 9.47 Å². The van der Waals surface area contributed by atoms with Gasteiger partial charge in [-0.25, -0.2) is 17.6 Å². The first-order valence-corrected chi connectivity index (χ1v) is 7.75. The smallest absolute Gasteiger partial charge is 0.422 e. The van der Waals surface area contributed by atoms with E-state index in [4.69, 9.17) is 4.74 Å². The van der Waals surface area contributed by atoms with E-state index in [9.17, 15) is 30.7 Å². The lowest BCUT2D eigenvalue weighted by atomic mass is 9.99. The summed E-state index contributed by atoms with van der Waals surface area (Å²) in [6.07, 6.45) is -4.78. The molecule has 148 valence electrons. The number of hydrogen-bond donors (Lipinski definition) is 0. The van der Waals surface area contributed by atoms with Gasteiger partial charge >= 0.3 is 6.18 Å². The summed E-state index contributed by atoms with van der Waals surface area (Å²) in [5, 5.41) is -0.377. The normalized spacial score (nSPS) is 11.7. The third-order valence-corrected chi connectivity index (χ3v) is 3.91. The van der Waals surface area contributed by atoms with E-state index in [1.54, 1.807) is 0 Å². The van der Waals surface area contributed by atoms with Crippen molar-refractivity contribution < 1.29 is 40.2 Å². The van der Waals surface area contributed by atoms with Crippen molar-refractivity contribution in [3.05, 3.63) is 59.7 Å². The van der Waals surface area contributed by atoms with Crippen LogP contribution < -0.4 is 9.47 Å². The second-order valence-electron chi connectivity index (χ2n) is 5.81. The zero-order chi connectivity index (χ0) is 20.6. The summed E-state index contributed by atoms with van der Waals surface area (Å²) < 4.78 is 103. The van der Waals surface area contributed by atoms with E-state index in [-0.39, 0.29) is 22.1 Å². The third kappa shape index (κ3) is 3.83. The Morgan fingerprint density at radius 2 is 1.50 bits per heavy atom. The van der Waals surface area contributed by atoms with Crippen LogP contribution in [0.15, 0.2) is 36.4 Å². The Labute approximate surface area is 154 Å². The standard InChI is InChI=1S/C19H11F7O2/c1-27-11-6-13(20)16(14(21)7-11)9-2-3-12-10(4-9)5-15(22)18(17(12)23)28-8-19(24,25)26/h2-7H,8H2,1H3. The molecule has 9 heteroatoms. The second-order valence-corrected chi connectivity index (χ2v) is 5.81. The maximum Gasteiger partial charge on any atom is 0.422 e. The van der Waals surface area contributed by atoms with Crippen LogP contribution >= 0.6 is 0 Å². The summed E-state index contributed by atoms with van der Waals surface area (Å²) >= 11 is 0. The van der Waals surface area contributed by atoms with Gasteiger partial charge in [-0.3, -0.25) is 0 Å². The van der Waals surface area contributed by atoms with Gasteiger partial charge in [-0.15, -0.1) is 0 Å². The average Bonchev–Trinajstić information content (AvgIpc) is 2.59. The van der Waals surface area contributed by atoms with Crippen LogP contribution in [0.1, 0.15) is 0 Å². The van der Waals surface area contributed by atoms with Crippen LogP contribution in [0.2, 0.25) is 0 Å². The lowest BCUT2D eigenvalue weighted by Crippen LogP contribution is -2.20. The third-order valence-electron chi connectivity index (χ3n) is 3.91. The largest absolute Gasteiger partial charge is 0.497 e. The van der Waals surface area contributed by atoms with Crippen molar-refractivity contribution in [2.24, 2.45) is 0 Å². The fourth-order valence-corrected chi connectivity index (χ4v) is 2.70. The predicted molar refractivity (Wildman–Crippen MR) is 87.3 cm³/mol. The van der Waals surface area contributed by atoms with Crippen LogP contribution in [-0.4, -0.2) is 19.9 Å². The Balaban J connectivity index is 2.09. The maximum atomic E-state index is 14.4. The Morgan fingerprint density at radius 1 is 0.857 bits per heavy atom. The van der Waals surface area contributed by atoms with Gasteiger partial charge in [0, 0.05) is 17.5 Å². The minimum Gasteiger partial charge on any atom is -0.497 e. The number of fused-ring (bicyclic) bond motifs is 1. The molecular weight excluding hydrogens is 393 g/mol. The number of hydrogen-bond acceptors (Lipinski definition) is 2. The molecule has 3 aromatic rings. The quantitative estimate of drug-likeness (QED) is 0.496. The van der Waals surface area contributed by atoms with Gasteiger partial charge in [0.2, 0.25) is 0 Å². The molecule has 3 rings (SSSR count). The summed E-state index contributed by atoms with van der Waals surface area (Å²) in [5.74, 6) is -5.87. The highest BCUT2D eigenvalue weighted by atomic mass is 19.4. The number of benzene rings is 3. The van der Waals surface area contributed by atoms with Gasteiger partial charge in [-0.05, 0) is 23.1 Å². The lowest BCUT2D eigenvalue weighted by molar-refractivity contribution is -0.154. The first-order chi connectivity index (χ1) is 13.1. The molecule has 0 saturated carbocycles. The molecular formula is C19H11F7O2. The number of alkyl halides is 3. The van der Waals surface area contributed by atoms with Gasteiger partial charge in [0.05, 0.1) is 12.7 Å². The molecule has 0 fully saturated rings. The van der Waals surface area contributed by atoms with E-state index in [1.807, 2.05) is 0 Å². The fourth-order valence-electron chi connectivity index (χ4n) is 2.70. The lowest BCUT2D eigenvalue weighted by Gasteiger charge is -2.13. The SMILES string of the molecule is COc1cc(F)c(-c2ccc3c(F)c(OCC(F)(F)F)c(F)cc3c2)c(F)c1. The van der Waals surface area contributed by atoms with Crippen LogP contribution in [0.5, 0.6) is 11.5 Å². The number of rotatable bonds is 4. The predicted octanol–water partition coefficient (Wildman–Crippen LogP) is 6.01. The van der Waals surface area contributed by atoms with Gasteiger partial charge in [0.1, 0.15) is 17.4 Å². The minimum absolute atomic E-state index is 0.0205. The van der Waals surface area contributed by atoms with Crippen LogP contribution in [0, 0.1) is 23.3 Å². The minimum atomic E-state index is -4.78. The van der Waals surface area contributed by atoms with Crippen molar-refractivity contribution in [3.63, 3.8) is 0 Å². The summed E-state index contributed by atoms with van der Waals surface area (Å²) in [6.45, 7) is -1.87. The van der Waals surface area contributed by atoms with Gasteiger partial charge in [0.25, 0.3) is 0 Å². The molecule has 0 unspecified atom stereocenters. The molecule has 28 heavy (non-hydrogen) atoms. The Hall–Kier alpha value is -2.97. The Morgan fingerprint density at radius 3 is 2.07 bits per heavy atom. The summed E-state index contributed by atoms with van der Waals surface area (Å²) in [5.41, 5.74) is -0.464. The summed E-state index contributed by atoms with van der Waals surface area (Å²) in [6, 6.07) is 5.96. The molecule has 0 aromatic heterocycles. The molecule has 2 nitrogen and oxygen atoms in total. The molecule has 0 spiro atoms. The van der Waals surface area contributed by atoms with Crippen molar-refractivity contribution >= 4 is 10.8 Å². The molecule has 0 heterocycles. The molecule has 0 aliphatic rings. The number of halogens is 7. The molecule has 3 aromatic carbocycles. The Bertz CT molecular complexity index is 1020. The Kier molecular flexibility index (Phi) is 5.10. The highest BCUT2D eigenvalue weighted by Crippen LogP contribution is 2.35. The highest BCUT2D eigenvalue weighted by Gasteiger charge is 2.30. The van der Waals surface area contributed by atoms with E-state index < -0.39 is 47.4 Å². The van der Waals surface area contributed by atoms with Crippen molar-refractivity contribution in [3.8, 4) is 22.6 Å². The van der Waals surface area contributed by atoms with E-state index in [0.29, 0.717) is 0 Å². The van der Waals surface area contributed by atoms with E-state index in [2.05, 4.69) is 4.74 Å². The monoisotopic (exact) mass is 404 g/mol. The maximum absolute atomic E-state index is 14.4. The zero-order valence-corrected chi connectivity index (χ0v) is 14.1. The van der Waals surface area contributed by atoms with E-state index >= 15 is 0 Å². The highest BCUT2D eigenvalue weighted by molar-refractivity contribution is 5.89. The van der Waals surface area contributed by atoms with Crippen LogP contribution in [0.3, 0.4) is 0 Å². The molecule has 0 bridgehead atoms. The van der Waals surface area contributed by atoms with Crippen molar-refractivity contribution in [1.82, 2.24) is 0 Å². The first-order valence-electron chi connectivity index (χ1n) is 7.75.